The highest BCUT2D eigenvalue weighted by atomic mass is 32.1. The van der Waals surface area contributed by atoms with Crippen molar-refractivity contribution >= 4 is 17.2 Å². The Hall–Kier alpha value is -1.85. The van der Waals surface area contributed by atoms with Crippen LogP contribution in [0, 0.1) is 0 Å². The molecule has 0 bridgehead atoms. The lowest BCUT2D eigenvalue weighted by Crippen LogP contribution is -2.28. The van der Waals surface area contributed by atoms with Gasteiger partial charge in [-0.1, -0.05) is 19.1 Å². The van der Waals surface area contributed by atoms with Crippen LogP contribution in [0.15, 0.2) is 35.7 Å². The Morgan fingerprint density at radius 1 is 1.33 bits per heavy atom. The lowest BCUT2D eigenvalue weighted by Gasteiger charge is -2.13. The minimum absolute atomic E-state index is 0.130. The molecule has 1 unspecified atom stereocenters. The van der Waals surface area contributed by atoms with Crippen LogP contribution >= 0.6 is 11.3 Å². The Morgan fingerprint density at radius 2 is 2.05 bits per heavy atom. The average Bonchev–Trinajstić information content (AvgIpc) is 3.01. The molecule has 0 radical (unpaired) electrons. The molecule has 1 amide bonds. The summed E-state index contributed by atoms with van der Waals surface area (Å²) >= 11 is 1.42. The van der Waals surface area contributed by atoms with E-state index in [0.717, 1.165) is 28.2 Å². The maximum absolute atomic E-state index is 12.1. The number of hydrogen-bond acceptors (Lipinski definition) is 4. The topological polar surface area (TPSA) is 58.6 Å². The number of amides is 1. The number of methoxy groups -OCH3 is 1. The number of rotatable bonds is 6. The monoisotopic (exact) mass is 305 g/mol. The van der Waals surface area contributed by atoms with E-state index >= 15 is 0 Å². The summed E-state index contributed by atoms with van der Waals surface area (Å²) in [5, 5.41) is 14.8. The van der Waals surface area contributed by atoms with Crippen molar-refractivity contribution in [3.8, 4) is 5.75 Å². The first-order valence-corrected chi connectivity index (χ1v) is 7.70. The quantitative estimate of drug-likeness (QED) is 0.863. The maximum atomic E-state index is 12.1. The smallest absolute Gasteiger partial charge is 0.261 e. The van der Waals surface area contributed by atoms with Gasteiger partial charge in [0.25, 0.3) is 5.91 Å². The Labute approximate surface area is 128 Å². The zero-order valence-corrected chi connectivity index (χ0v) is 12.9. The fourth-order valence-corrected chi connectivity index (χ4v) is 2.94. The van der Waals surface area contributed by atoms with Gasteiger partial charge in [-0.15, -0.1) is 11.3 Å². The van der Waals surface area contributed by atoms with Crippen LogP contribution in [-0.4, -0.2) is 24.7 Å². The second-order valence-electron chi connectivity index (χ2n) is 4.63. The van der Waals surface area contributed by atoms with E-state index < -0.39 is 6.10 Å². The van der Waals surface area contributed by atoms with Crippen LogP contribution in [0.2, 0.25) is 0 Å². The summed E-state index contributed by atoms with van der Waals surface area (Å²) in [6, 6.07) is 9.11. The highest BCUT2D eigenvalue weighted by molar-refractivity contribution is 7.12. The third-order valence-electron chi connectivity index (χ3n) is 3.29. The number of thiophene rings is 1. The third kappa shape index (κ3) is 3.83. The third-order valence-corrected chi connectivity index (χ3v) is 4.25. The Balaban J connectivity index is 1.94. The van der Waals surface area contributed by atoms with Crippen LogP contribution < -0.4 is 10.1 Å². The van der Waals surface area contributed by atoms with E-state index in [1.807, 2.05) is 18.4 Å². The van der Waals surface area contributed by atoms with Crippen LogP contribution in [0.5, 0.6) is 5.75 Å². The summed E-state index contributed by atoms with van der Waals surface area (Å²) in [7, 11) is 1.60. The molecule has 1 atom stereocenters. The van der Waals surface area contributed by atoms with Crippen LogP contribution in [0.25, 0.3) is 0 Å². The summed E-state index contributed by atoms with van der Waals surface area (Å²) < 4.78 is 5.07. The molecule has 1 aromatic heterocycles. The van der Waals surface area contributed by atoms with Crippen molar-refractivity contribution in [2.45, 2.75) is 19.4 Å². The van der Waals surface area contributed by atoms with Crippen molar-refractivity contribution in [3.63, 3.8) is 0 Å². The first-order valence-electron chi connectivity index (χ1n) is 6.82. The van der Waals surface area contributed by atoms with E-state index in [9.17, 15) is 9.90 Å². The van der Waals surface area contributed by atoms with Crippen molar-refractivity contribution in [2.75, 3.05) is 13.7 Å². The molecule has 0 fully saturated rings. The molecule has 5 heteroatoms. The van der Waals surface area contributed by atoms with Gasteiger partial charge in [-0.05, 0) is 41.1 Å². The number of carbonyl (C=O) groups is 1. The maximum Gasteiger partial charge on any atom is 0.261 e. The molecule has 2 aromatic rings. The van der Waals surface area contributed by atoms with E-state index in [0.29, 0.717) is 0 Å². The summed E-state index contributed by atoms with van der Waals surface area (Å²) in [5.74, 6) is 0.607. The number of benzene rings is 1. The highest BCUT2D eigenvalue weighted by Gasteiger charge is 2.14. The first-order chi connectivity index (χ1) is 10.2. The Kier molecular flexibility index (Phi) is 5.36. The lowest BCUT2D eigenvalue weighted by molar-refractivity contribution is 0.0919. The molecule has 4 nitrogen and oxygen atoms in total. The fraction of sp³-hybridized carbons (Fsp3) is 0.312. The molecule has 2 N–H and O–H groups in total. The normalized spacial score (nSPS) is 12.0. The van der Waals surface area contributed by atoms with Crippen molar-refractivity contribution in [1.29, 1.82) is 0 Å². The summed E-state index contributed by atoms with van der Waals surface area (Å²) in [4.78, 5) is 12.8. The molecule has 0 aliphatic rings. The molecular formula is C16H19NO3S. The number of aliphatic hydroxyl groups is 1. The van der Waals surface area contributed by atoms with E-state index in [1.165, 1.54) is 11.3 Å². The predicted molar refractivity (Wildman–Crippen MR) is 84.0 cm³/mol. The first kappa shape index (κ1) is 15.5. The molecule has 0 aliphatic heterocycles. The van der Waals surface area contributed by atoms with Crippen LogP contribution in [0.3, 0.4) is 0 Å². The van der Waals surface area contributed by atoms with Crippen LogP contribution in [0.4, 0.5) is 0 Å². The highest BCUT2D eigenvalue weighted by Crippen LogP contribution is 2.19. The second kappa shape index (κ2) is 7.24. The van der Waals surface area contributed by atoms with Crippen molar-refractivity contribution in [1.82, 2.24) is 5.32 Å². The summed E-state index contributed by atoms with van der Waals surface area (Å²) in [6.45, 7) is 2.21. The molecule has 0 saturated carbocycles. The van der Waals surface area contributed by atoms with E-state index in [-0.39, 0.29) is 12.5 Å². The second-order valence-corrected chi connectivity index (χ2v) is 5.54. The molecule has 1 aromatic carbocycles. The minimum Gasteiger partial charge on any atom is -0.497 e. The van der Waals surface area contributed by atoms with Gasteiger partial charge in [0.15, 0.2) is 0 Å². The molecule has 0 saturated heterocycles. The van der Waals surface area contributed by atoms with Gasteiger partial charge in [0.05, 0.1) is 18.1 Å². The van der Waals surface area contributed by atoms with Gasteiger partial charge in [0, 0.05) is 6.54 Å². The molecule has 1 heterocycles. The van der Waals surface area contributed by atoms with Gasteiger partial charge in [0.2, 0.25) is 0 Å². The van der Waals surface area contributed by atoms with Gasteiger partial charge in [-0.25, -0.2) is 0 Å². The van der Waals surface area contributed by atoms with Gasteiger partial charge < -0.3 is 15.2 Å². The Morgan fingerprint density at radius 3 is 2.67 bits per heavy atom. The van der Waals surface area contributed by atoms with E-state index in [1.54, 1.807) is 31.4 Å². The zero-order valence-electron chi connectivity index (χ0n) is 12.1. The predicted octanol–water partition coefficient (Wildman–Crippen LogP) is 2.78. The molecule has 0 aliphatic carbocycles. The lowest BCUT2D eigenvalue weighted by atomic mass is 10.1. The molecule has 112 valence electrons. The fourth-order valence-electron chi connectivity index (χ4n) is 2.03. The van der Waals surface area contributed by atoms with E-state index in [4.69, 9.17) is 4.74 Å². The van der Waals surface area contributed by atoms with Gasteiger partial charge in [0.1, 0.15) is 5.75 Å². The summed E-state index contributed by atoms with van der Waals surface area (Å²) in [6.07, 6.45) is 0.0951. The van der Waals surface area contributed by atoms with Crippen molar-refractivity contribution < 1.29 is 14.6 Å². The van der Waals surface area contributed by atoms with Gasteiger partial charge >= 0.3 is 0 Å². The van der Waals surface area contributed by atoms with Gasteiger partial charge in [-0.2, -0.15) is 0 Å². The molecule has 2 rings (SSSR count). The van der Waals surface area contributed by atoms with Crippen molar-refractivity contribution in [2.24, 2.45) is 0 Å². The standard InChI is InChI=1S/C16H19NO3S/c1-3-11-8-9-21-15(11)16(19)17-10-14(18)12-4-6-13(20-2)7-5-12/h4-9,14,18H,3,10H2,1-2H3,(H,17,19). The van der Waals surface area contributed by atoms with Crippen LogP contribution in [0.1, 0.15) is 33.8 Å². The number of hydrogen-bond donors (Lipinski definition) is 2. The minimum atomic E-state index is -0.732. The van der Waals surface area contributed by atoms with Crippen molar-refractivity contribution in [3.05, 3.63) is 51.7 Å². The largest absolute Gasteiger partial charge is 0.497 e. The number of nitrogens with one attached hydrogen (secondary N) is 1. The molecule has 0 spiro atoms. The number of ether oxygens (including phenoxy) is 1. The Bertz CT molecular complexity index is 592. The summed E-state index contributed by atoms with van der Waals surface area (Å²) in [5.41, 5.74) is 1.79. The van der Waals surface area contributed by atoms with Crippen LogP contribution in [-0.2, 0) is 6.42 Å². The average molecular weight is 305 g/mol. The number of carbonyl (C=O) groups excluding carboxylic acids is 1. The van der Waals surface area contributed by atoms with E-state index in [2.05, 4.69) is 5.32 Å². The zero-order chi connectivity index (χ0) is 15.2. The van der Waals surface area contributed by atoms with Gasteiger partial charge in [-0.3, -0.25) is 4.79 Å². The number of aliphatic hydroxyl groups excluding tert-OH is 1. The number of aryl methyl sites for hydroxylation is 1. The SMILES string of the molecule is CCc1ccsc1C(=O)NCC(O)c1ccc(OC)cc1. The molecule has 21 heavy (non-hydrogen) atoms. The molecular weight excluding hydrogens is 286 g/mol.